The zero-order valence-corrected chi connectivity index (χ0v) is 19.1. The van der Waals surface area contributed by atoms with Gasteiger partial charge in [0.05, 0.1) is 10.6 Å². The SMILES string of the molecule is Cc1cc(Cl)ccc1NC(=O)CCS(=O)(=O)c1ccc2c(c1)CC(C)N2C(=O)C1CC1. The van der Waals surface area contributed by atoms with Crippen molar-refractivity contribution < 1.29 is 18.0 Å². The van der Waals surface area contributed by atoms with Crippen LogP contribution in [0.4, 0.5) is 11.4 Å². The molecular weight excluding hydrogens is 436 g/mol. The fourth-order valence-electron chi connectivity index (χ4n) is 3.99. The molecule has 8 heteroatoms. The van der Waals surface area contributed by atoms with Gasteiger partial charge in [0.2, 0.25) is 11.8 Å². The molecule has 0 bridgehead atoms. The van der Waals surface area contributed by atoms with Crippen molar-refractivity contribution in [1.29, 1.82) is 0 Å². The number of aryl methyl sites for hydroxylation is 1. The largest absolute Gasteiger partial charge is 0.326 e. The predicted octanol–water partition coefficient (Wildman–Crippen LogP) is 4.14. The Balaban J connectivity index is 1.44. The Morgan fingerprint density at radius 2 is 1.90 bits per heavy atom. The maximum atomic E-state index is 12.8. The van der Waals surface area contributed by atoms with Crippen LogP contribution in [0, 0.1) is 12.8 Å². The summed E-state index contributed by atoms with van der Waals surface area (Å²) in [5.74, 6) is -0.412. The minimum Gasteiger partial charge on any atom is -0.326 e. The van der Waals surface area contributed by atoms with Crippen LogP contribution in [-0.2, 0) is 25.8 Å². The average molecular weight is 461 g/mol. The second-order valence-corrected chi connectivity index (χ2v) is 10.9. The zero-order valence-electron chi connectivity index (χ0n) is 17.5. The minimum absolute atomic E-state index is 0.0226. The number of amides is 2. The van der Waals surface area contributed by atoms with E-state index in [1.54, 1.807) is 36.4 Å². The third kappa shape index (κ3) is 4.62. The van der Waals surface area contributed by atoms with Gasteiger partial charge in [-0.1, -0.05) is 11.6 Å². The molecule has 0 saturated heterocycles. The topological polar surface area (TPSA) is 83.6 Å². The fourth-order valence-corrected chi connectivity index (χ4v) is 5.50. The number of sulfone groups is 1. The summed E-state index contributed by atoms with van der Waals surface area (Å²) in [6.45, 7) is 3.80. The number of hydrogen-bond donors (Lipinski definition) is 1. The van der Waals surface area contributed by atoms with Crippen LogP contribution in [0.1, 0.15) is 37.3 Å². The van der Waals surface area contributed by atoms with Crippen LogP contribution in [-0.4, -0.2) is 32.0 Å². The third-order valence-corrected chi connectivity index (χ3v) is 7.80. The predicted molar refractivity (Wildman–Crippen MR) is 121 cm³/mol. The van der Waals surface area contributed by atoms with Crippen LogP contribution in [0.2, 0.25) is 5.02 Å². The summed E-state index contributed by atoms with van der Waals surface area (Å²) < 4.78 is 25.7. The van der Waals surface area contributed by atoms with Gasteiger partial charge in [0.25, 0.3) is 0 Å². The van der Waals surface area contributed by atoms with Crippen LogP contribution in [0.15, 0.2) is 41.3 Å². The number of carbonyl (C=O) groups is 2. The van der Waals surface area contributed by atoms with E-state index in [4.69, 9.17) is 11.6 Å². The first-order chi connectivity index (χ1) is 14.7. The number of nitrogens with one attached hydrogen (secondary N) is 1. The average Bonchev–Trinajstić information content (AvgIpc) is 3.50. The molecule has 6 nitrogen and oxygen atoms in total. The first-order valence-corrected chi connectivity index (χ1v) is 12.4. The van der Waals surface area contributed by atoms with E-state index in [0.717, 1.165) is 29.7 Å². The van der Waals surface area contributed by atoms with E-state index in [1.165, 1.54) is 0 Å². The molecular formula is C23H25ClN2O4S. The lowest BCUT2D eigenvalue weighted by atomic mass is 10.1. The number of hydrogen-bond acceptors (Lipinski definition) is 4. The molecule has 2 aromatic carbocycles. The Bertz CT molecular complexity index is 1160. The lowest BCUT2D eigenvalue weighted by Crippen LogP contribution is -2.36. The van der Waals surface area contributed by atoms with E-state index >= 15 is 0 Å². The Labute approximate surface area is 187 Å². The Kier molecular flexibility index (Phi) is 5.83. The minimum atomic E-state index is -3.63. The Hall–Kier alpha value is -2.38. The number of halogens is 1. The van der Waals surface area contributed by atoms with Crippen molar-refractivity contribution in [3.8, 4) is 0 Å². The third-order valence-electron chi connectivity index (χ3n) is 5.85. The molecule has 2 aliphatic rings. The molecule has 4 rings (SSSR count). The monoisotopic (exact) mass is 460 g/mol. The first kappa shape index (κ1) is 21.8. The lowest BCUT2D eigenvalue weighted by molar-refractivity contribution is -0.120. The molecule has 1 aliphatic heterocycles. The van der Waals surface area contributed by atoms with Gasteiger partial charge in [-0.05, 0) is 80.6 Å². The highest BCUT2D eigenvalue weighted by molar-refractivity contribution is 7.91. The van der Waals surface area contributed by atoms with Crippen molar-refractivity contribution in [1.82, 2.24) is 0 Å². The maximum absolute atomic E-state index is 12.8. The van der Waals surface area contributed by atoms with Crippen molar-refractivity contribution in [2.24, 2.45) is 5.92 Å². The van der Waals surface area contributed by atoms with Crippen LogP contribution < -0.4 is 10.2 Å². The molecule has 1 saturated carbocycles. The summed E-state index contributed by atoms with van der Waals surface area (Å²) in [7, 11) is -3.63. The number of rotatable bonds is 6. The number of fused-ring (bicyclic) bond motifs is 1. The van der Waals surface area contributed by atoms with Crippen molar-refractivity contribution in [2.75, 3.05) is 16.0 Å². The van der Waals surface area contributed by atoms with Crippen LogP contribution in [0.5, 0.6) is 0 Å². The molecule has 31 heavy (non-hydrogen) atoms. The molecule has 164 valence electrons. The van der Waals surface area contributed by atoms with Gasteiger partial charge in [-0.2, -0.15) is 0 Å². The van der Waals surface area contributed by atoms with Crippen LogP contribution in [0.3, 0.4) is 0 Å². The van der Waals surface area contributed by atoms with Gasteiger partial charge in [-0.15, -0.1) is 0 Å². The van der Waals surface area contributed by atoms with E-state index in [1.807, 2.05) is 18.7 Å². The van der Waals surface area contributed by atoms with E-state index in [-0.39, 0.29) is 40.8 Å². The van der Waals surface area contributed by atoms with E-state index in [9.17, 15) is 18.0 Å². The molecule has 2 aromatic rings. The van der Waals surface area contributed by atoms with Crippen LogP contribution in [0.25, 0.3) is 0 Å². The van der Waals surface area contributed by atoms with Gasteiger partial charge in [0.15, 0.2) is 9.84 Å². The van der Waals surface area contributed by atoms with Gasteiger partial charge in [0, 0.05) is 34.8 Å². The number of anilines is 2. The molecule has 1 atom stereocenters. The van der Waals surface area contributed by atoms with Gasteiger partial charge in [-0.25, -0.2) is 8.42 Å². The lowest BCUT2D eigenvalue weighted by Gasteiger charge is -2.22. The molecule has 1 heterocycles. The Morgan fingerprint density at radius 3 is 2.58 bits per heavy atom. The molecule has 0 aromatic heterocycles. The highest BCUT2D eigenvalue weighted by atomic mass is 35.5. The van der Waals surface area contributed by atoms with E-state index < -0.39 is 9.84 Å². The van der Waals surface area contributed by atoms with E-state index in [0.29, 0.717) is 17.1 Å². The smallest absolute Gasteiger partial charge is 0.230 e. The fraction of sp³-hybridized carbons (Fsp3) is 0.391. The second kappa shape index (κ2) is 8.28. The molecule has 2 amide bonds. The summed E-state index contributed by atoms with van der Waals surface area (Å²) in [5.41, 5.74) is 3.09. The zero-order chi connectivity index (χ0) is 22.3. The van der Waals surface area contributed by atoms with Crippen molar-refractivity contribution in [3.05, 3.63) is 52.5 Å². The number of nitrogens with zero attached hydrogens (tertiary/aromatic N) is 1. The summed E-state index contributed by atoms with van der Waals surface area (Å²) in [4.78, 5) is 26.9. The normalized spacial score (nSPS) is 18.0. The first-order valence-electron chi connectivity index (χ1n) is 10.4. The quantitative estimate of drug-likeness (QED) is 0.702. The summed E-state index contributed by atoms with van der Waals surface area (Å²) in [6, 6.07) is 10.0. The summed E-state index contributed by atoms with van der Waals surface area (Å²) in [6.07, 6.45) is 2.35. The van der Waals surface area contributed by atoms with Gasteiger partial charge < -0.3 is 10.2 Å². The molecule has 0 radical (unpaired) electrons. The van der Waals surface area contributed by atoms with E-state index in [2.05, 4.69) is 5.32 Å². The molecule has 0 spiro atoms. The van der Waals surface area contributed by atoms with Crippen LogP contribution >= 0.6 is 11.6 Å². The maximum Gasteiger partial charge on any atom is 0.230 e. The van der Waals surface area contributed by atoms with Gasteiger partial charge in [-0.3, -0.25) is 9.59 Å². The van der Waals surface area contributed by atoms with Gasteiger partial charge in [0.1, 0.15) is 0 Å². The second-order valence-electron chi connectivity index (χ2n) is 8.40. The molecule has 1 fully saturated rings. The van der Waals surface area contributed by atoms with Crippen molar-refractivity contribution in [3.63, 3.8) is 0 Å². The number of carbonyl (C=O) groups excluding carboxylic acids is 2. The van der Waals surface area contributed by atoms with Gasteiger partial charge >= 0.3 is 0 Å². The molecule has 1 N–H and O–H groups in total. The summed E-state index contributed by atoms with van der Waals surface area (Å²) >= 11 is 5.92. The highest BCUT2D eigenvalue weighted by Crippen LogP contribution is 2.39. The standard InChI is InChI=1S/C23H25ClN2O4S/c1-14-11-18(24)5-7-20(14)25-22(27)9-10-31(29,30)19-6-8-21-17(13-19)12-15(2)26(21)23(28)16-3-4-16/h5-8,11,13,15-16H,3-4,9-10,12H2,1-2H3,(H,25,27). The van der Waals surface area contributed by atoms with Crippen molar-refractivity contribution in [2.45, 2.75) is 50.5 Å². The number of benzene rings is 2. The van der Waals surface area contributed by atoms with Crippen molar-refractivity contribution >= 4 is 44.6 Å². The molecule has 1 unspecified atom stereocenters. The summed E-state index contributed by atoms with van der Waals surface area (Å²) in [5, 5.41) is 3.31. The molecule has 1 aliphatic carbocycles. The highest BCUT2D eigenvalue weighted by Gasteiger charge is 2.39. The Morgan fingerprint density at radius 1 is 1.16 bits per heavy atom.